The second kappa shape index (κ2) is 10.5. The van der Waals surface area contributed by atoms with E-state index in [0.717, 1.165) is 41.9 Å². The summed E-state index contributed by atoms with van der Waals surface area (Å²) < 4.78 is 1.92. The maximum absolute atomic E-state index is 12.2. The highest BCUT2D eigenvalue weighted by Crippen LogP contribution is 2.21. The largest absolute Gasteiger partial charge is 0.347 e. The van der Waals surface area contributed by atoms with E-state index in [1.165, 1.54) is 25.9 Å². The Morgan fingerprint density at radius 1 is 1.20 bits per heavy atom. The van der Waals surface area contributed by atoms with Gasteiger partial charge in [0.15, 0.2) is 0 Å². The molecule has 2 N–H and O–H groups in total. The molecule has 0 saturated carbocycles. The van der Waals surface area contributed by atoms with Gasteiger partial charge in [-0.05, 0) is 69.0 Å². The topological polar surface area (TPSA) is 69.6 Å². The van der Waals surface area contributed by atoms with Crippen LogP contribution in [0.4, 0.5) is 10.5 Å². The number of unbranched alkanes of at least 4 members (excludes halogenated alkanes) is 1. The van der Waals surface area contributed by atoms with Crippen LogP contribution in [0.1, 0.15) is 32.6 Å². The number of likely N-dealkylation sites (N-methyl/N-ethyl adjacent to an activating group) is 1. The van der Waals surface area contributed by atoms with E-state index in [9.17, 15) is 9.59 Å². The number of aromatic nitrogens is 1. The highest BCUT2D eigenvalue weighted by Gasteiger charge is 2.15. The van der Waals surface area contributed by atoms with Gasteiger partial charge in [0.05, 0.1) is 0 Å². The molecule has 1 aliphatic rings. The van der Waals surface area contributed by atoms with Crippen LogP contribution < -0.4 is 10.6 Å². The van der Waals surface area contributed by atoms with Crippen molar-refractivity contribution in [3.05, 3.63) is 30.5 Å². The number of carbonyl (C=O) groups is 2. The third-order valence-corrected chi connectivity index (χ3v) is 5.76. The van der Waals surface area contributed by atoms with E-state index in [-0.39, 0.29) is 11.9 Å². The number of anilines is 1. The summed E-state index contributed by atoms with van der Waals surface area (Å²) in [5.74, 6) is 0.856. The number of piperidine rings is 1. The van der Waals surface area contributed by atoms with Crippen molar-refractivity contribution >= 4 is 28.5 Å². The fraction of sp³-hybridized carbons (Fsp3) is 0.565. The van der Waals surface area contributed by atoms with Crippen LogP contribution in [0.25, 0.3) is 10.9 Å². The van der Waals surface area contributed by atoms with Crippen LogP contribution in [0.15, 0.2) is 30.5 Å². The van der Waals surface area contributed by atoms with Gasteiger partial charge in [0.25, 0.3) is 0 Å². The van der Waals surface area contributed by atoms with Gasteiger partial charge in [-0.15, -0.1) is 0 Å². The van der Waals surface area contributed by atoms with E-state index in [2.05, 4.69) is 22.5 Å². The molecule has 3 rings (SSSR count). The standard InChI is InChI=1S/C23H35N5O2/c1-18-7-6-13-27(16-18)12-5-4-11-24-23(30)25-20-8-9-21-19(15-20)10-14-28(21)17-22(29)26(2)3/h8-10,14-15,18H,4-7,11-13,16-17H2,1-3H3,(H2,24,25,30). The third-order valence-electron chi connectivity index (χ3n) is 5.76. The van der Waals surface area contributed by atoms with E-state index in [1.807, 2.05) is 35.0 Å². The highest BCUT2D eigenvalue weighted by molar-refractivity contribution is 5.93. The van der Waals surface area contributed by atoms with Crippen molar-refractivity contribution in [3.8, 4) is 0 Å². The quantitative estimate of drug-likeness (QED) is 0.652. The van der Waals surface area contributed by atoms with Gasteiger partial charge in [0.1, 0.15) is 6.54 Å². The number of urea groups is 1. The van der Waals surface area contributed by atoms with Gasteiger partial charge >= 0.3 is 6.03 Å². The van der Waals surface area contributed by atoms with Gasteiger partial charge in [-0.1, -0.05) is 6.92 Å². The van der Waals surface area contributed by atoms with Crippen LogP contribution in [0, 0.1) is 5.92 Å². The van der Waals surface area contributed by atoms with Crippen molar-refractivity contribution in [2.75, 3.05) is 45.6 Å². The number of nitrogens with zero attached hydrogens (tertiary/aromatic N) is 3. The molecule has 1 fully saturated rings. The molecule has 2 aromatic rings. The molecule has 1 aromatic carbocycles. The lowest BCUT2D eigenvalue weighted by Crippen LogP contribution is -2.35. The Bertz CT molecular complexity index is 860. The van der Waals surface area contributed by atoms with Crippen molar-refractivity contribution in [1.29, 1.82) is 0 Å². The summed E-state index contributed by atoms with van der Waals surface area (Å²) in [6.07, 6.45) is 6.65. The first-order valence-electron chi connectivity index (χ1n) is 11.0. The second-order valence-corrected chi connectivity index (χ2v) is 8.64. The van der Waals surface area contributed by atoms with E-state index < -0.39 is 0 Å². The number of likely N-dealkylation sites (tertiary alicyclic amines) is 1. The van der Waals surface area contributed by atoms with Crippen LogP contribution in [-0.4, -0.2) is 66.6 Å². The Morgan fingerprint density at radius 2 is 2.03 bits per heavy atom. The summed E-state index contributed by atoms with van der Waals surface area (Å²) in [6, 6.07) is 7.53. The third kappa shape index (κ3) is 6.23. The second-order valence-electron chi connectivity index (χ2n) is 8.64. The highest BCUT2D eigenvalue weighted by atomic mass is 16.2. The number of hydrogen-bond donors (Lipinski definition) is 2. The lowest BCUT2D eigenvalue weighted by molar-refractivity contribution is -0.129. The predicted molar refractivity (Wildman–Crippen MR) is 122 cm³/mol. The molecule has 1 saturated heterocycles. The lowest BCUT2D eigenvalue weighted by atomic mass is 10.0. The van der Waals surface area contributed by atoms with Gasteiger partial charge in [0.2, 0.25) is 5.91 Å². The van der Waals surface area contributed by atoms with Gasteiger partial charge in [-0.2, -0.15) is 0 Å². The molecule has 0 bridgehead atoms. The Labute approximate surface area is 179 Å². The smallest absolute Gasteiger partial charge is 0.319 e. The SMILES string of the molecule is CC1CCCN(CCCCNC(=O)Nc2ccc3c(ccn3CC(=O)N(C)C)c2)C1. The number of rotatable bonds is 8. The number of benzene rings is 1. The normalized spacial score (nSPS) is 17.1. The Balaban J connectivity index is 1.41. The van der Waals surface area contributed by atoms with Crippen molar-refractivity contribution in [1.82, 2.24) is 19.7 Å². The Kier molecular flexibility index (Phi) is 7.74. The zero-order valence-electron chi connectivity index (χ0n) is 18.5. The molecule has 2 heterocycles. The number of hydrogen-bond acceptors (Lipinski definition) is 3. The molecule has 0 radical (unpaired) electrons. The molecular weight excluding hydrogens is 378 g/mol. The van der Waals surface area contributed by atoms with E-state index >= 15 is 0 Å². The zero-order chi connectivity index (χ0) is 21.5. The summed E-state index contributed by atoms with van der Waals surface area (Å²) >= 11 is 0. The summed E-state index contributed by atoms with van der Waals surface area (Å²) in [4.78, 5) is 28.3. The fourth-order valence-corrected chi connectivity index (χ4v) is 4.03. The molecule has 1 unspecified atom stereocenters. The summed E-state index contributed by atoms with van der Waals surface area (Å²) in [6.45, 7) is 6.86. The number of fused-ring (bicyclic) bond motifs is 1. The van der Waals surface area contributed by atoms with Gasteiger partial charge < -0.3 is 25.0 Å². The van der Waals surface area contributed by atoms with Gasteiger partial charge in [-0.3, -0.25) is 4.79 Å². The van der Waals surface area contributed by atoms with E-state index in [0.29, 0.717) is 13.1 Å². The molecule has 164 valence electrons. The van der Waals surface area contributed by atoms with E-state index in [4.69, 9.17) is 0 Å². The molecule has 0 spiro atoms. The lowest BCUT2D eigenvalue weighted by Gasteiger charge is -2.30. The average molecular weight is 414 g/mol. The minimum atomic E-state index is -0.178. The van der Waals surface area contributed by atoms with Crippen molar-refractivity contribution in [2.45, 2.75) is 39.2 Å². The van der Waals surface area contributed by atoms with Crippen LogP contribution >= 0.6 is 0 Å². The Morgan fingerprint density at radius 3 is 2.80 bits per heavy atom. The predicted octanol–water partition coefficient (Wildman–Crippen LogP) is 3.36. The van der Waals surface area contributed by atoms with Gasteiger partial charge in [0, 0.05) is 50.0 Å². The van der Waals surface area contributed by atoms with Crippen LogP contribution in [-0.2, 0) is 11.3 Å². The first-order chi connectivity index (χ1) is 14.4. The molecule has 1 atom stereocenters. The monoisotopic (exact) mass is 413 g/mol. The van der Waals surface area contributed by atoms with Crippen molar-refractivity contribution in [3.63, 3.8) is 0 Å². The minimum absolute atomic E-state index is 0.0453. The molecule has 0 aliphatic carbocycles. The molecule has 7 nitrogen and oxygen atoms in total. The summed E-state index contributed by atoms with van der Waals surface area (Å²) in [7, 11) is 3.51. The number of carbonyl (C=O) groups excluding carboxylic acids is 2. The van der Waals surface area contributed by atoms with Crippen molar-refractivity contribution < 1.29 is 9.59 Å². The molecular formula is C23H35N5O2. The number of nitrogens with one attached hydrogen (secondary N) is 2. The molecule has 3 amide bonds. The molecule has 1 aromatic heterocycles. The molecule has 7 heteroatoms. The summed E-state index contributed by atoms with van der Waals surface area (Å²) in [5.41, 5.74) is 1.72. The van der Waals surface area contributed by atoms with Crippen LogP contribution in [0.2, 0.25) is 0 Å². The van der Waals surface area contributed by atoms with Crippen molar-refractivity contribution in [2.24, 2.45) is 5.92 Å². The maximum atomic E-state index is 12.2. The molecule has 30 heavy (non-hydrogen) atoms. The zero-order valence-corrected chi connectivity index (χ0v) is 18.5. The first kappa shape index (κ1) is 22.2. The fourth-order valence-electron chi connectivity index (χ4n) is 4.03. The number of amides is 3. The maximum Gasteiger partial charge on any atom is 0.319 e. The van der Waals surface area contributed by atoms with E-state index in [1.54, 1.807) is 19.0 Å². The van der Waals surface area contributed by atoms with Crippen LogP contribution in [0.3, 0.4) is 0 Å². The summed E-state index contributed by atoms with van der Waals surface area (Å²) in [5, 5.41) is 6.84. The molecule has 1 aliphatic heterocycles. The Hall–Kier alpha value is -2.54. The van der Waals surface area contributed by atoms with Gasteiger partial charge in [-0.25, -0.2) is 4.79 Å². The van der Waals surface area contributed by atoms with Crippen LogP contribution in [0.5, 0.6) is 0 Å². The first-order valence-corrected chi connectivity index (χ1v) is 11.0. The average Bonchev–Trinajstić information content (AvgIpc) is 3.09. The minimum Gasteiger partial charge on any atom is -0.347 e.